The molecule has 1 aromatic rings. The van der Waals surface area contributed by atoms with Crippen LogP contribution >= 0.6 is 0 Å². The van der Waals surface area contributed by atoms with Crippen LogP contribution in [0.3, 0.4) is 0 Å². The van der Waals surface area contributed by atoms with Gasteiger partial charge in [-0.3, -0.25) is 4.79 Å². The second-order valence-corrected chi connectivity index (χ2v) is 3.94. The molecule has 0 spiro atoms. The monoisotopic (exact) mass is 252 g/mol. The molecule has 1 aliphatic heterocycles. The van der Waals surface area contributed by atoms with Crippen LogP contribution in [0.5, 0.6) is 0 Å². The van der Waals surface area contributed by atoms with Gasteiger partial charge < -0.3 is 19.3 Å². The molecule has 1 heterocycles. The Morgan fingerprint density at radius 2 is 1.94 bits per heavy atom. The summed E-state index contributed by atoms with van der Waals surface area (Å²) >= 11 is 0. The van der Waals surface area contributed by atoms with E-state index in [4.69, 9.17) is 19.3 Å². The van der Waals surface area contributed by atoms with Crippen molar-refractivity contribution in [2.24, 2.45) is 0 Å². The van der Waals surface area contributed by atoms with Crippen LogP contribution in [-0.4, -0.2) is 37.5 Å². The number of hydrogen-bond donors (Lipinski definition) is 1. The lowest BCUT2D eigenvalue weighted by Gasteiger charge is -2.26. The topological polar surface area (TPSA) is 65.0 Å². The maximum Gasteiger partial charge on any atom is 0.311 e. The first kappa shape index (κ1) is 13.0. The van der Waals surface area contributed by atoms with Gasteiger partial charge >= 0.3 is 5.97 Å². The number of benzene rings is 1. The third kappa shape index (κ3) is 2.87. The fourth-order valence-corrected chi connectivity index (χ4v) is 1.92. The summed E-state index contributed by atoms with van der Waals surface area (Å²) < 4.78 is 16.0. The molecular weight excluding hydrogens is 236 g/mol. The van der Waals surface area contributed by atoms with E-state index >= 15 is 0 Å². The van der Waals surface area contributed by atoms with Gasteiger partial charge in [0.2, 0.25) is 5.79 Å². The number of rotatable bonds is 5. The van der Waals surface area contributed by atoms with Crippen LogP contribution in [-0.2, 0) is 24.8 Å². The molecule has 18 heavy (non-hydrogen) atoms. The first-order valence-corrected chi connectivity index (χ1v) is 5.87. The van der Waals surface area contributed by atoms with E-state index in [-0.39, 0.29) is 19.6 Å². The minimum Gasteiger partial charge on any atom is -0.463 e. The molecule has 0 aromatic heterocycles. The Morgan fingerprint density at radius 1 is 1.28 bits per heavy atom. The Bertz CT molecular complexity index is 384. The van der Waals surface area contributed by atoms with Crippen LogP contribution in [0.25, 0.3) is 0 Å². The van der Waals surface area contributed by atoms with Crippen molar-refractivity contribution < 1.29 is 24.1 Å². The first-order chi connectivity index (χ1) is 8.77. The van der Waals surface area contributed by atoms with Crippen molar-refractivity contribution in [3.63, 3.8) is 0 Å². The van der Waals surface area contributed by atoms with Crippen molar-refractivity contribution in [2.75, 3.05) is 26.4 Å². The van der Waals surface area contributed by atoms with Crippen LogP contribution < -0.4 is 0 Å². The Morgan fingerprint density at radius 3 is 2.56 bits per heavy atom. The zero-order valence-electron chi connectivity index (χ0n) is 10.0. The predicted molar refractivity (Wildman–Crippen MR) is 62.7 cm³/mol. The van der Waals surface area contributed by atoms with E-state index in [1.807, 2.05) is 30.3 Å². The molecule has 0 aliphatic carbocycles. The second kappa shape index (κ2) is 5.95. The van der Waals surface area contributed by atoms with E-state index in [9.17, 15) is 4.79 Å². The molecule has 1 aromatic carbocycles. The summed E-state index contributed by atoms with van der Waals surface area (Å²) in [6, 6.07) is 9.31. The number of aliphatic hydroxyl groups is 1. The second-order valence-electron chi connectivity index (χ2n) is 3.94. The van der Waals surface area contributed by atoms with Crippen LogP contribution in [0, 0.1) is 0 Å². The number of carbonyl (C=O) groups is 1. The normalized spacial score (nSPS) is 17.6. The van der Waals surface area contributed by atoms with E-state index in [0.29, 0.717) is 13.2 Å². The molecular formula is C13H16O5. The summed E-state index contributed by atoms with van der Waals surface area (Å²) in [4.78, 5) is 11.6. The van der Waals surface area contributed by atoms with Crippen molar-refractivity contribution in [2.45, 2.75) is 12.2 Å². The highest BCUT2D eigenvalue weighted by Crippen LogP contribution is 2.34. The molecule has 5 nitrogen and oxygen atoms in total. The standard InChI is InChI=1S/C13H16O5/c14-6-7-16-12(15)10-13(17-8-9-18-13)11-4-2-1-3-5-11/h1-5,14H,6-10H2. The molecule has 0 radical (unpaired) electrons. The molecule has 0 bridgehead atoms. The third-order valence-electron chi connectivity index (χ3n) is 2.70. The van der Waals surface area contributed by atoms with Gasteiger partial charge in [-0.15, -0.1) is 0 Å². The van der Waals surface area contributed by atoms with Crippen molar-refractivity contribution >= 4 is 5.97 Å². The van der Waals surface area contributed by atoms with Crippen LogP contribution in [0.1, 0.15) is 12.0 Å². The molecule has 1 N–H and O–H groups in total. The maximum absolute atomic E-state index is 11.6. The lowest BCUT2D eigenvalue weighted by atomic mass is 10.0. The quantitative estimate of drug-likeness (QED) is 0.786. The highest BCUT2D eigenvalue weighted by Gasteiger charge is 2.41. The molecule has 0 atom stereocenters. The summed E-state index contributed by atoms with van der Waals surface area (Å²) in [5.41, 5.74) is 0.795. The lowest BCUT2D eigenvalue weighted by Crippen LogP contribution is -2.31. The zero-order valence-corrected chi connectivity index (χ0v) is 10.0. The molecule has 2 rings (SSSR count). The van der Waals surface area contributed by atoms with Gasteiger partial charge in [0.15, 0.2) is 0 Å². The van der Waals surface area contributed by atoms with Crippen LogP contribution in [0.4, 0.5) is 0 Å². The Balaban J connectivity index is 2.10. The summed E-state index contributed by atoms with van der Waals surface area (Å²) in [7, 11) is 0. The maximum atomic E-state index is 11.6. The fraction of sp³-hybridized carbons (Fsp3) is 0.462. The average Bonchev–Trinajstić information content (AvgIpc) is 2.87. The number of ether oxygens (including phenoxy) is 3. The fourth-order valence-electron chi connectivity index (χ4n) is 1.92. The number of hydrogen-bond acceptors (Lipinski definition) is 5. The van der Waals surface area contributed by atoms with Crippen molar-refractivity contribution in [1.29, 1.82) is 0 Å². The van der Waals surface area contributed by atoms with Crippen LogP contribution in [0.15, 0.2) is 30.3 Å². The first-order valence-electron chi connectivity index (χ1n) is 5.87. The Hall–Kier alpha value is -1.43. The predicted octanol–water partition coefficient (Wildman–Crippen LogP) is 0.812. The zero-order chi connectivity index (χ0) is 12.8. The molecule has 1 saturated heterocycles. The van der Waals surface area contributed by atoms with Gasteiger partial charge in [0.05, 0.1) is 19.8 Å². The third-order valence-corrected chi connectivity index (χ3v) is 2.70. The van der Waals surface area contributed by atoms with Gasteiger partial charge in [-0.05, 0) is 0 Å². The van der Waals surface area contributed by atoms with E-state index in [1.54, 1.807) is 0 Å². The van der Waals surface area contributed by atoms with E-state index < -0.39 is 11.8 Å². The Kier molecular flexibility index (Phi) is 4.30. The molecule has 0 unspecified atom stereocenters. The molecule has 0 amide bonds. The largest absolute Gasteiger partial charge is 0.463 e. The SMILES string of the molecule is O=C(CC1(c2ccccc2)OCCO1)OCCO. The highest BCUT2D eigenvalue weighted by molar-refractivity contribution is 5.70. The summed E-state index contributed by atoms with van der Waals surface area (Å²) in [5.74, 6) is -1.50. The summed E-state index contributed by atoms with van der Waals surface area (Å²) in [6.45, 7) is 0.694. The summed E-state index contributed by atoms with van der Waals surface area (Å²) in [5, 5.41) is 8.62. The lowest BCUT2D eigenvalue weighted by molar-refractivity contribution is -0.188. The minimum absolute atomic E-state index is 0.0102. The molecule has 0 saturated carbocycles. The Labute approximate surface area is 105 Å². The van der Waals surface area contributed by atoms with Gasteiger partial charge in [-0.2, -0.15) is 0 Å². The minimum atomic E-state index is -1.05. The van der Waals surface area contributed by atoms with Crippen molar-refractivity contribution in [3.8, 4) is 0 Å². The van der Waals surface area contributed by atoms with E-state index in [0.717, 1.165) is 5.56 Å². The molecule has 1 aliphatic rings. The van der Waals surface area contributed by atoms with Gasteiger partial charge in [-0.25, -0.2) is 0 Å². The number of aliphatic hydroxyl groups excluding tert-OH is 1. The highest BCUT2D eigenvalue weighted by atomic mass is 16.7. The van der Waals surface area contributed by atoms with Gasteiger partial charge in [-0.1, -0.05) is 30.3 Å². The van der Waals surface area contributed by atoms with Crippen molar-refractivity contribution in [1.82, 2.24) is 0 Å². The van der Waals surface area contributed by atoms with E-state index in [2.05, 4.69) is 0 Å². The number of esters is 1. The smallest absolute Gasteiger partial charge is 0.311 e. The van der Waals surface area contributed by atoms with Crippen LogP contribution in [0.2, 0.25) is 0 Å². The molecule has 5 heteroatoms. The van der Waals surface area contributed by atoms with Gasteiger partial charge in [0.1, 0.15) is 13.0 Å². The van der Waals surface area contributed by atoms with Gasteiger partial charge in [0.25, 0.3) is 0 Å². The average molecular weight is 252 g/mol. The summed E-state index contributed by atoms with van der Waals surface area (Å²) in [6.07, 6.45) is -0.0169. The molecule has 1 fully saturated rings. The van der Waals surface area contributed by atoms with Gasteiger partial charge in [0, 0.05) is 5.56 Å². The van der Waals surface area contributed by atoms with E-state index in [1.165, 1.54) is 0 Å². The molecule has 98 valence electrons. The number of carbonyl (C=O) groups excluding carboxylic acids is 1. The van der Waals surface area contributed by atoms with Crippen molar-refractivity contribution in [3.05, 3.63) is 35.9 Å².